The van der Waals surface area contributed by atoms with E-state index in [4.69, 9.17) is 21.1 Å². The maximum atomic E-state index is 13.4. The largest absolute Gasteiger partial charge is 0.468 e. The molecule has 1 fully saturated rings. The van der Waals surface area contributed by atoms with Crippen LogP contribution in [0.3, 0.4) is 0 Å². The quantitative estimate of drug-likeness (QED) is 0.254. The number of carbonyl (C=O) groups is 2. The summed E-state index contributed by atoms with van der Waals surface area (Å²) < 4.78 is 38.1. The lowest BCUT2D eigenvalue weighted by atomic mass is 9.75. The number of esters is 2. The lowest BCUT2D eigenvalue weighted by Crippen LogP contribution is -3.15. The molecule has 2 aliphatic heterocycles. The molecule has 2 heterocycles. The SMILES string of the molecule is COC(=O)C1C(C)=NC(C)=C(C(=O)OCC[NH+]2CCN(S(=O)(=O)c3ccccc3Cl)CC2)[C@H]1c1cccc([N+](=O)[O-])c1. The van der Waals surface area contributed by atoms with Gasteiger partial charge in [0.25, 0.3) is 5.69 Å². The molecule has 42 heavy (non-hydrogen) atoms. The smallest absolute Gasteiger partial charge is 0.336 e. The highest BCUT2D eigenvalue weighted by Gasteiger charge is 2.42. The monoisotopic (exact) mass is 619 g/mol. The minimum absolute atomic E-state index is 0.0372. The van der Waals surface area contributed by atoms with Gasteiger partial charge in [-0.1, -0.05) is 35.9 Å². The zero-order valence-corrected chi connectivity index (χ0v) is 25.0. The first-order chi connectivity index (χ1) is 19.9. The van der Waals surface area contributed by atoms with Gasteiger partial charge in [-0.3, -0.25) is 19.9 Å². The normalized spacial score (nSPS) is 20.1. The highest BCUT2D eigenvalue weighted by atomic mass is 35.5. The Kier molecular flexibility index (Phi) is 9.77. The van der Waals surface area contributed by atoms with E-state index in [1.807, 2.05) is 0 Å². The van der Waals surface area contributed by atoms with Crippen LogP contribution < -0.4 is 4.90 Å². The van der Waals surface area contributed by atoms with Gasteiger partial charge in [0.1, 0.15) is 24.0 Å². The Hall–Kier alpha value is -3.65. The van der Waals surface area contributed by atoms with Crippen molar-refractivity contribution in [3.05, 3.63) is 80.5 Å². The average molecular weight is 620 g/mol. The maximum absolute atomic E-state index is 13.4. The molecule has 0 bridgehead atoms. The number of nitro benzene ring substituents is 1. The van der Waals surface area contributed by atoms with Crippen LogP contribution in [-0.2, 0) is 29.1 Å². The number of carbonyl (C=O) groups excluding carboxylic acids is 2. The van der Waals surface area contributed by atoms with Crippen LogP contribution >= 0.6 is 11.6 Å². The predicted molar refractivity (Wildman–Crippen MR) is 154 cm³/mol. The first kappa shape index (κ1) is 31.3. The molecule has 0 amide bonds. The molecule has 0 aromatic heterocycles. The Morgan fingerprint density at radius 3 is 2.48 bits per heavy atom. The second kappa shape index (κ2) is 13.1. The van der Waals surface area contributed by atoms with Crippen LogP contribution in [-0.4, -0.2) is 81.7 Å². The fourth-order valence-electron chi connectivity index (χ4n) is 5.38. The minimum Gasteiger partial charge on any atom is -0.468 e. The van der Waals surface area contributed by atoms with Crippen molar-refractivity contribution in [3.8, 4) is 0 Å². The van der Waals surface area contributed by atoms with Crippen molar-refractivity contribution in [3.63, 3.8) is 0 Å². The zero-order valence-electron chi connectivity index (χ0n) is 23.4. The summed E-state index contributed by atoms with van der Waals surface area (Å²) in [4.78, 5) is 42.7. The number of ether oxygens (including phenoxy) is 2. The highest BCUT2D eigenvalue weighted by Crippen LogP contribution is 2.40. The number of nitrogens with one attached hydrogen (secondary N) is 1. The summed E-state index contributed by atoms with van der Waals surface area (Å²) in [6.45, 7) is 5.32. The Morgan fingerprint density at radius 1 is 1.14 bits per heavy atom. The second-order valence-corrected chi connectivity index (χ2v) is 12.4. The van der Waals surface area contributed by atoms with Gasteiger partial charge in [0, 0.05) is 29.5 Å². The summed E-state index contributed by atoms with van der Waals surface area (Å²) in [6, 6.07) is 12.1. The summed E-state index contributed by atoms with van der Waals surface area (Å²) in [5, 5.41) is 11.6. The molecule has 2 aliphatic rings. The highest BCUT2D eigenvalue weighted by molar-refractivity contribution is 7.89. The van der Waals surface area contributed by atoms with E-state index in [2.05, 4.69) is 4.99 Å². The molecule has 0 saturated carbocycles. The van der Waals surface area contributed by atoms with E-state index in [1.165, 1.54) is 41.7 Å². The summed E-state index contributed by atoms with van der Waals surface area (Å²) >= 11 is 6.12. The number of halogens is 1. The Balaban J connectivity index is 1.45. The molecule has 2 aromatic carbocycles. The van der Waals surface area contributed by atoms with Crippen molar-refractivity contribution in [2.24, 2.45) is 10.9 Å². The zero-order chi connectivity index (χ0) is 30.6. The van der Waals surface area contributed by atoms with Crippen LogP contribution in [0.2, 0.25) is 5.02 Å². The third-order valence-electron chi connectivity index (χ3n) is 7.52. The summed E-state index contributed by atoms with van der Waals surface area (Å²) in [6.07, 6.45) is 0. The fourth-order valence-corrected chi connectivity index (χ4v) is 7.31. The van der Waals surface area contributed by atoms with E-state index in [0.717, 1.165) is 4.90 Å². The number of nitrogens with zero attached hydrogens (tertiary/aromatic N) is 3. The summed E-state index contributed by atoms with van der Waals surface area (Å²) in [5.41, 5.74) is 1.10. The Labute approximate surface area is 248 Å². The van der Waals surface area contributed by atoms with Crippen LogP contribution in [0.15, 0.2) is 69.7 Å². The summed E-state index contributed by atoms with van der Waals surface area (Å²) in [7, 11) is -2.50. The number of quaternary nitrogens is 1. The van der Waals surface area contributed by atoms with E-state index in [1.54, 1.807) is 32.0 Å². The van der Waals surface area contributed by atoms with Crippen molar-refractivity contribution in [1.82, 2.24) is 4.31 Å². The number of non-ortho nitro benzene ring substituents is 1. The van der Waals surface area contributed by atoms with E-state index in [9.17, 15) is 28.1 Å². The van der Waals surface area contributed by atoms with E-state index in [0.29, 0.717) is 36.6 Å². The fraction of sp³-hybridized carbons (Fsp3) is 0.393. The van der Waals surface area contributed by atoms with Gasteiger partial charge >= 0.3 is 11.9 Å². The molecule has 0 aliphatic carbocycles. The molecule has 224 valence electrons. The average Bonchev–Trinajstić information content (AvgIpc) is 2.96. The number of rotatable bonds is 9. The molecular weight excluding hydrogens is 588 g/mol. The number of hydrogen-bond donors (Lipinski definition) is 1. The van der Waals surface area contributed by atoms with Gasteiger partial charge in [0.15, 0.2) is 0 Å². The Morgan fingerprint density at radius 2 is 1.83 bits per heavy atom. The van der Waals surface area contributed by atoms with Crippen molar-refractivity contribution < 1.29 is 37.3 Å². The number of benzene rings is 2. The van der Waals surface area contributed by atoms with Crippen LogP contribution in [0.25, 0.3) is 0 Å². The number of sulfonamides is 1. The van der Waals surface area contributed by atoms with Gasteiger partial charge in [-0.25, -0.2) is 13.2 Å². The van der Waals surface area contributed by atoms with Gasteiger partial charge in [0.2, 0.25) is 10.0 Å². The molecule has 12 nitrogen and oxygen atoms in total. The van der Waals surface area contributed by atoms with Crippen molar-refractivity contribution in [2.45, 2.75) is 24.7 Å². The number of methoxy groups -OCH3 is 1. The number of hydrogen-bond acceptors (Lipinski definition) is 9. The van der Waals surface area contributed by atoms with Crippen LogP contribution in [0.4, 0.5) is 5.69 Å². The standard InChI is InChI=1S/C28H31ClN4O8S/c1-18-24(27(34)40-3)26(20-7-6-8-21(17-20)33(36)37)25(19(2)30-18)28(35)41-16-15-31-11-13-32(14-12-31)42(38,39)23-10-5-4-9-22(23)29/h4-10,17,24,26H,11-16H2,1-3H3/p+1/t24?,26-/m0/s1. The van der Waals surface area contributed by atoms with Crippen molar-refractivity contribution in [1.29, 1.82) is 0 Å². The first-order valence-electron chi connectivity index (χ1n) is 13.3. The predicted octanol–water partition coefficient (Wildman–Crippen LogP) is 2.00. The Bertz CT molecular complexity index is 1550. The summed E-state index contributed by atoms with van der Waals surface area (Å²) in [5.74, 6) is -3.18. The maximum Gasteiger partial charge on any atom is 0.336 e. The van der Waals surface area contributed by atoms with Crippen LogP contribution in [0, 0.1) is 16.0 Å². The molecule has 1 unspecified atom stereocenters. The second-order valence-electron chi connectivity index (χ2n) is 10.1. The molecule has 0 radical (unpaired) electrons. The van der Waals surface area contributed by atoms with E-state index in [-0.39, 0.29) is 40.9 Å². The van der Waals surface area contributed by atoms with Crippen LogP contribution in [0.1, 0.15) is 25.3 Å². The lowest BCUT2D eigenvalue weighted by Gasteiger charge is -2.32. The van der Waals surface area contributed by atoms with E-state index >= 15 is 0 Å². The van der Waals surface area contributed by atoms with Gasteiger partial charge in [-0.2, -0.15) is 4.31 Å². The third-order valence-corrected chi connectivity index (χ3v) is 9.91. The molecule has 14 heteroatoms. The number of aliphatic imine (C=N–C) groups is 1. The van der Waals surface area contributed by atoms with E-state index < -0.39 is 38.7 Å². The van der Waals surface area contributed by atoms with Crippen LogP contribution in [0.5, 0.6) is 0 Å². The van der Waals surface area contributed by atoms with Gasteiger partial charge in [-0.05, 0) is 31.5 Å². The molecule has 1 saturated heterocycles. The van der Waals surface area contributed by atoms with Crippen molar-refractivity contribution >= 4 is 45.0 Å². The number of piperazine rings is 1. The molecule has 2 atom stereocenters. The van der Waals surface area contributed by atoms with Gasteiger partial charge in [-0.15, -0.1) is 0 Å². The molecule has 4 rings (SSSR count). The topological polar surface area (TPSA) is 150 Å². The molecule has 1 N–H and O–H groups in total. The van der Waals surface area contributed by atoms with Crippen molar-refractivity contribution in [2.75, 3.05) is 46.4 Å². The molecular formula is C28H32ClN4O8S+. The van der Waals surface area contributed by atoms with Gasteiger partial charge < -0.3 is 14.4 Å². The molecule has 0 spiro atoms. The minimum atomic E-state index is -3.73. The lowest BCUT2D eigenvalue weighted by molar-refractivity contribution is -0.903. The first-order valence-corrected chi connectivity index (χ1v) is 15.1. The number of allylic oxidation sites excluding steroid dienone is 1. The number of nitro groups is 1. The third kappa shape index (κ3) is 6.54. The van der Waals surface area contributed by atoms with Gasteiger partial charge in [0.05, 0.1) is 48.8 Å². The molecule has 2 aromatic rings.